The lowest BCUT2D eigenvalue weighted by Crippen LogP contribution is -2.18. The first-order valence-electron chi connectivity index (χ1n) is 7.64. The number of methoxy groups -OCH3 is 1. The van der Waals surface area contributed by atoms with Gasteiger partial charge in [0.05, 0.1) is 13.7 Å². The molecule has 0 fully saturated rings. The topological polar surface area (TPSA) is 51.4 Å². The normalized spacial score (nSPS) is 11.1. The van der Waals surface area contributed by atoms with Gasteiger partial charge in [0.2, 0.25) is 11.8 Å². The number of rotatable bonds is 6. The average molecular weight is 345 g/mol. The van der Waals surface area contributed by atoms with Crippen molar-refractivity contribution >= 4 is 0 Å². The smallest absolute Gasteiger partial charge is 0.247 e. The second-order valence-corrected chi connectivity index (χ2v) is 5.64. The quantitative estimate of drug-likeness (QED) is 0.682. The molecule has 5 nitrogen and oxygen atoms in total. The summed E-state index contributed by atoms with van der Waals surface area (Å²) in [4.78, 5) is 1.81. The summed E-state index contributed by atoms with van der Waals surface area (Å²) < 4.78 is 37.4. The van der Waals surface area contributed by atoms with Crippen molar-refractivity contribution in [3.05, 3.63) is 65.6 Å². The standard InChI is InChI=1S/C18H17F2N3O2/c1-23(10-13-3-6-14(19)9-16(13)20)11-17-21-22-18(25-17)12-4-7-15(24-2)8-5-12/h3-9H,10-11H2,1-2H3. The van der Waals surface area contributed by atoms with Crippen molar-refractivity contribution in [1.82, 2.24) is 15.1 Å². The van der Waals surface area contributed by atoms with Gasteiger partial charge in [0.1, 0.15) is 17.4 Å². The molecule has 0 aliphatic rings. The molecule has 1 heterocycles. The van der Waals surface area contributed by atoms with Gasteiger partial charge in [0, 0.05) is 23.7 Å². The van der Waals surface area contributed by atoms with Gasteiger partial charge in [-0.05, 0) is 37.4 Å². The molecule has 3 rings (SSSR count). The van der Waals surface area contributed by atoms with E-state index in [0.29, 0.717) is 30.4 Å². The van der Waals surface area contributed by atoms with Gasteiger partial charge in [-0.15, -0.1) is 10.2 Å². The Morgan fingerprint density at radius 3 is 2.48 bits per heavy atom. The van der Waals surface area contributed by atoms with E-state index in [2.05, 4.69) is 10.2 Å². The van der Waals surface area contributed by atoms with Gasteiger partial charge >= 0.3 is 0 Å². The van der Waals surface area contributed by atoms with Crippen molar-refractivity contribution in [2.24, 2.45) is 0 Å². The third-order valence-corrected chi connectivity index (χ3v) is 3.66. The zero-order chi connectivity index (χ0) is 17.8. The average Bonchev–Trinajstić information content (AvgIpc) is 3.06. The predicted octanol–water partition coefficient (Wildman–Crippen LogP) is 3.66. The zero-order valence-corrected chi connectivity index (χ0v) is 13.9. The van der Waals surface area contributed by atoms with Gasteiger partial charge in [-0.1, -0.05) is 6.07 Å². The fourth-order valence-corrected chi connectivity index (χ4v) is 2.40. The predicted molar refractivity (Wildman–Crippen MR) is 87.8 cm³/mol. The molecule has 0 bridgehead atoms. The van der Waals surface area contributed by atoms with Crippen LogP contribution in [0.15, 0.2) is 46.9 Å². The molecule has 0 N–H and O–H groups in total. The molecule has 0 aliphatic heterocycles. The first kappa shape index (κ1) is 17.0. The number of benzene rings is 2. The first-order valence-corrected chi connectivity index (χ1v) is 7.64. The Bertz CT molecular complexity index is 850. The molecule has 0 amide bonds. The van der Waals surface area contributed by atoms with Crippen LogP contribution in [0.1, 0.15) is 11.5 Å². The van der Waals surface area contributed by atoms with E-state index in [-0.39, 0.29) is 0 Å². The van der Waals surface area contributed by atoms with Crippen LogP contribution in [0.4, 0.5) is 8.78 Å². The van der Waals surface area contributed by atoms with Crippen LogP contribution in [0.25, 0.3) is 11.5 Å². The van der Waals surface area contributed by atoms with Crippen LogP contribution < -0.4 is 4.74 Å². The molecule has 130 valence electrons. The molecule has 0 saturated heterocycles. The first-order chi connectivity index (χ1) is 12.0. The Hall–Kier alpha value is -2.80. The number of halogens is 2. The summed E-state index contributed by atoms with van der Waals surface area (Å²) in [7, 11) is 3.39. The fraction of sp³-hybridized carbons (Fsp3) is 0.222. The number of aromatic nitrogens is 2. The summed E-state index contributed by atoms with van der Waals surface area (Å²) in [6.45, 7) is 0.645. The molecular formula is C18H17F2N3O2. The highest BCUT2D eigenvalue weighted by Crippen LogP contribution is 2.21. The van der Waals surface area contributed by atoms with Crippen LogP contribution >= 0.6 is 0 Å². The van der Waals surface area contributed by atoms with Gasteiger partial charge < -0.3 is 9.15 Å². The monoisotopic (exact) mass is 345 g/mol. The maximum Gasteiger partial charge on any atom is 0.247 e. The van der Waals surface area contributed by atoms with E-state index in [1.54, 1.807) is 14.2 Å². The summed E-state index contributed by atoms with van der Waals surface area (Å²) in [5, 5.41) is 8.03. The zero-order valence-electron chi connectivity index (χ0n) is 13.9. The summed E-state index contributed by atoms with van der Waals surface area (Å²) in [5.41, 5.74) is 1.19. The largest absolute Gasteiger partial charge is 0.497 e. The third kappa shape index (κ3) is 4.19. The van der Waals surface area contributed by atoms with Gasteiger partial charge in [0.25, 0.3) is 0 Å². The maximum atomic E-state index is 13.7. The Morgan fingerprint density at radius 2 is 1.80 bits per heavy atom. The molecule has 0 radical (unpaired) electrons. The van der Waals surface area contributed by atoms with Crippen molar-refractivity contribution in [3.63, 3.8) is 0 Å². The van der Waals surface area contributed by atoms with Crippen LogP contribution in [0.2, 0.25) is 0 Å². The van der Waals surface area contributed by atoms with Crippen molar-refractivity contribution in [1.29, 1.82) is 0 Å². The maximum absolute atomic E-state index is 13.7. The Balaban J connectivity index is 1.65. The van der Waals surface area contributed by atoms with Crippen LogP contribution in [-0.2, 0) is 13.1 Å². The molecule has 0 spiro atoms. The van der Waals surface area contributed by atoms with Crippen molar-refractivity contribution < 1.29 is 17.9 Å². The third-order valence-electron chi connectivity index (χ3n) is 3.66. The number of nitrogens with zero attached hydrogens (tertiary/aromatic N) is 3. The minimum absolute atomic E-state index is 0.298. The highest BCUT2D eigenvalue weighted by molar-refractivity contribution is 5.53. The molecule has 25 heavy (non-hydrogen) atoms. The molecule has 1 aromatic heterocycles. The Kier molecular flexibility index (Phi) is 5.04. The second-order valence-electron chi connectivity index (χ2n) is 5.64. The Labute approximate surface area is 143 Å². The number of ether oxygens (including phenoxy) is 1. The summed E-state index contributed by atoms with van der Waals surface area (Å²) in [6.07, 6.45) is 0. The lowest BCUT2D eigenvalue weighted by atomic mass is 10.2. The van der Waals surface area contributed by atoms with E-state index in [4.69, 9.17) is 9.15 Å². The van der Waals surface area contributed by atoms with E-state index in [1.807, 2.05) is 29.2 Å². The van der Waals surface area contributed by atoms with Crippen LogP contribution in [0.3, 0.4) is 0 Å². The number of hydrogen-bond donors (Lipinski definition) is 0. The fourth-order valence-electron chi connectivity index (χ4n) is 2.40. The lowest BCUT2D eigenvalue weighted by molar-refractivity contribution is 0.279. The SMILES string of the molecule is COc1ccc(-c2nnc(CN(C)Cc3ccc(F)cc3F)o2)cc1. The molecule has 0 atom stereocenters. The van der Waals surface area contributed by atoms with E-state index in [1.165, 1.54) is 12.1 Å². The molecule has 7 heteroatoms. The highest BCUT2D eigenvalue weighted by atomic mass is 19.1. The van der Waals surface area contributed by atoms with Crippen molar-refractivity contribution in [2.45, 2.75) is 13.1 Å². The van der Waals surface area contributed by atoms with Crippen molar-refractivity contribution in [2.75, 3.05) is 14.2 Å². The molecule has 0 unspecified atom stereocenters. The van der Waals surface area contributed by atoms with E-state index in [9.17, 15) is 8.78 Å². The van der Waals surface area contributed by atoms with Gasteiger partial charge in [-0.25, -0.2) is 8.78 Å². The van der Waals surface area contributed by atoms with Crippen molar-refractivity contribution in [3.8, 4) is 17.2 Å². The van der Waals surface area contributed by atoms with Crippen LogP contribution in [0, 0.1) is 11.6 Å². The van der Waals surface area contributed by atoms with E-state index < -0.39 is 11.6 Å². The van der Waals surface area contributed by atoms with Gasteiger partial charge in [-0.2, -0.15) is 0 Å². The summed E-state index contributed by atoms with van der Waals surface area (Å²) >= 11 is 0. The summed E-state index contributed by atoms with van der Waals surface area (Å²) in [6, 6.07) is 10.8. The lowest BCUT2D eigenvalue weighted by Gasteiger charge is -2.14. The summed E-state index contributed by atoms with van der Waals surface area (Å²) in [5.74, 6) is 0.389. The molecule has 2 aromatic carbocycles. The van der Waals surface area contributed by atoms with Gasteiger partial charge in [0.15, 0.2) is 0 Å². The van der Waals surface area contributed by atoms with Gasteiger partial charge in [-0.3, -0.25) is 4.90 Å². The molecule has 0 aliphatic carbocycles. The number of hydrogen-bond acceptors (Lipinski definition) is 5. The Morgan fingerprint density at radius 1 is 1.04 bits per heavy atom. The molecule has 0 saturated carbocycles. The van der Waals surface area contributed by atoms with E-state index >= 15 is 0 Å². The second kappa shape index (κ2) is 7.40. The van der Waals surface area contributed by atoms with Crippen LogP contribution in [-0.4, -0.2) is 29.3 Å². The molecule has 3 aromatic rings. The highest BCUT2D eigenvalue weighted by Gasteiger charge is 2.13. The van der Waals surface area contributed by atoms with E-state index in [0.717, 1.165) is 17.4 Å². The minimum atomic E-state index is -0.593. The van der Waals surface area contributed by atoms with Crippen LogP contribution in [0.5, 0.6) is 5.75 Å². The minimum Gasteiger partial charge on any atom is -0.497 e. The molecular weight excluding hydrogens is 328 g/mol.